The second kappa shape index (κ2) is 5.12. The highest BCUT2D eigenvalue weighted by Gasteiger charge is 2.19. The van der Waals surface area contributed by atoms with E-state index in [2.05, 4.69) is 50.8 Å². The molecule has 0 fully saturated rings. The number of nitrogens with zero attached hydrogens (tertiary/aromatic N) is 2. The van der Waals surface area contributed by atoms with Gasteiger partial charge in [0.05, 0.1) is 11.7 Å². The average Bonchev–Trinajstić information content (AvgIpc) is 2.84. The molecule has 5 heteroatoms. The molecule has 16 heavy (non-hydrogen) atoms. The lowest BCUT2D eigenvalue weighted by Gasteiger charge is -2.14. The summed E-state index contributed by atoms with van der Waals surface area (Å²) in [6.07, 6.45) is 1.97. The van der Waals surface area contributed by atoms with Crippen LogP contribution in [0.5, 0.6) is 0 Å². The SMILES string of the molecule is CCNC(c1ccn(C)n1)c1sccc1Br. The Hall–Kier alpha value is -0.650. The third kappa shape index (κ3) is 2.36. The smallest absolute Gasteiger partial charge is 0.0874 e. The first-order valence-corrected chi connectivity index (χ1v) is 6.85. The Kier molecular flexibility index (Phi) is 3.78. The minimum atomic E-state index is 0.181. The van der Waals surface area contributed by atoms with E-state index < -0.39 is 0 Å². The Morgan fingerprint density at radius 1 is 1.56 bits per heavy atom. The number of thiophene rings is 1. The molecule has 3 nitrogen and oxygen atoms in total. The minimum Gasteiger partial charge on any atom is -0.304 e. The molecule has 2 heterocycles. The maximum absolute atomic E-state index is 4.47. The maximum Gasteiger partial charge on any atom is 0.0874 e. The van der Waals surface area contributed by atoms with Gasteiger partial charge in [0.15, 0.2) is 0 Å². The van der Waals surface area contributed by atoms with Crippen LogP contribution in [0.15, 0.2) is 28.2 Å². The molecule has 1 unspecified atom stereocenters. The van der Waals surface area contributed by atoms with E-state index in [1.807, 2.05) is 17.9 Å². The van der Waals surface area contributed by atoms with E-state index in [1.165, 1.54) is 4.88 Å². The van der Waals surface area contributed by atoms with Gasteiger partial charge in [-0.05, 0) is 40.0 Å². The number of rotatable bonds is 4. The van der Waals surface area contributed by atoms with Crippen molar-refractivity contribution in [3.05, 3.63) is 38.8 Å². The predicted molar refractivity (Wildman–Crippen MR) is 70.7 cm³/mol. The highest BCUT2D eigenvalue weighted by Crippen LogP contribution is 2.32. The minimum absolute atomic E-state index is 0.181. The van der Waals surface area contributed by atoms with Gasteiger partial charge in [-0.1, -0.05) is 6.92 Å². The largest absolute Gasteiger partial charge is 0.304 e. The Morgan fingerprint density at radius 3 is 2.88 bits per heavy atom. The summed E-state index contributed by atoms with van der Waals surface area (Å²) < 4.78 is 2.98. The van der Waals surface area contributed by atoms with Crippen LogP contribution in [0, 0.1) is 0 Å². The highest BCUT2D eigenvalue weighted by atomic mass is 79.9. The fraction of sp³-hybridized carbons (Fsp3) is 0.364. The monoisotopic (exact) mass is 299 g/mol. The molecule has 0 spiro atoms. The topological polar surface area (TPSA) is 29.9 Å². The van der Waals surface area contributed by atoms with Crippen molar-refractivity contribution in [3.63, 3.8) is 0 Å². The van der Waals surface area contributed by atoms with Crippen molar-refractivity contribution in [1.82, 2.24) is 15.1 Å². The summed E-state index contributed by atoms with van der Waals surface area (Å²) in [5, 5.41) is 10.0. The van der Waals surface area contributed by atoms with Crippen molar-refractivity contribution >= 4 is 27.3 Å². The standard InChI is InChI=1S/C11H14BrN3S/c1-3-13-10(9-4-6-15(2)14-9)11-8(12)5-7-16-11/h4-7,10,13H,3H2,1-2H3. The number of hydrogen-bond acceptors (Lipinski definition) is 3. The van der Waals surface area contributed by atoms with Crippen molar-refractivity contribution < 1.29 is 0 Å². The van der Waals surface area contributed by atoms with Crippen molar-refractivity contribution in [2.75, 3.05) is 6.54 Å². The first-order valence-electron chi connectivity index (χ1n) is 5.18. The van der Waals surface area contributed by atoms with Crippen LogP contribution in [0.3, 0.4) is 0 Å². The van der Waals surface area contributed by atoms with Crippen LogP contribution in [0.25, 0.3) is 0 Å². The molecule has 0 bridgehead atoms. The Balaban J connectivity index is 2.34. The van der Waals surface area contributed by atoms with E-state index in [1.54, 1.807) is 11.3 Å². The van der Waals surface area contributed by atoms with Gasteiger partial charge in [0.25, 0.3) is 0 Å². The number of aromatic nitrogens is 2. The molecule has 0 radical (unpaired) electrons. The van der Waals surface area contributed by atoms with Crippen molar-refractivity contribution in [2.24, 2.45) is 7.05 Å². The summed E-state index contributed by atoms with van der Waals surface area (Å²) >= 11 is 5.32. The van der Waals surface area contributed by atoms with Crippen molar-refractivity contribution in [3.8, 4) is 0 Å². The van der Waals surface area contributed by atoms with E-state index >= 15 is 0 Å². The summed E-state index contributed by atoms with van der Waals surface area (Å²) in [5.74, 6) is 0. The van der Waals surface area contributed by atoms with Crippen LogP contribution in [0.4, 0.5) is 0 Å². The molecule has 0 aromatic carbocycles. The quantitative estimate of drug-likeness (QED) is 0.941. The normalized spacial score (nSPS) is 12.9. The lowest BCUT2D eigenvalue weighted by molar-refractivity contribution is 0.606. The molecule has 0 saturated heterocycles. The zero-order valence-corrected chi connectivity index (χ0v) is 11.7. The van der Waals surface area contributed by atoms with Crippen LogP contribution in [0.2, 0.25) is 0 Å². The summed E-state index contributed by atoms with van der Waals surface area (Å²) in [5.41, 5.74) is 1.06. The van der Waals surface area contributed by atoms with Gasteiger partial charge in [-0.2, -0.15) is 5.10 Å². The molecule has 0 amide bonds. The number of hydrogen-bond donors (Lipinski definition) is 1. The van der Waals surface area contributed by atoms with Crippen LogP contribution in [-0.4, -0.2) is 16.3 Å². The molecular weight excluding hydrogens is 286 g/mol. The lowest BCUT2D eigenvalue weighted by Crippen LogP contribution is -2.22. The van der Waals surface area contributed by atoms with Crippen LogP contribution in [0.1, 0.15) is 23.5 Å². The number of nitrogens with one attached hydrogen (secondary N) is 1. The fourth-order valence-electron chi connectivity index (χ4n) is 1.63. The second-order valence-electron chi connectivity index (χ2n) is 3.54. The first kappa shape index (κ1) is 11.8. The van der Waals surface area contributed by atoms with E-state index in [-0.39, 0.29) is 6.04 Å². The van der Waals surface area contributed by atoms with Crippen LogP contribution >= 0.6 is 27.3 Å². The molecule has 0 aliphatic rings. The third-order valence-corrected chi connectivity index (χ3v) is 4.28. The zero-order valence-electron chi connectivity index (χ0n) is 9.27. The Morgan fingerprint density at radius 2 is 2.38 bits per heavy atom. The van der Waals surface area contributed by atoms with Gasteiger partial charge in [-0.25, -0.2) is 0 Å². The van der Waals surface area contributed by atoms with Crippen molar-refractivity contribution in [2.45, 2.75) is 13.0 Å². The molecule has 86 valence electrons. The molecule has 0 saturated carbocycles. The molecule has 2 aromatic rings. The number of halogens is 1. The van der Waals surface area contributed by atoms with E-state index in [0.717, 1.165) is 16.7 Å². The molecule has 1 atom stereocenters. The van der Waals surface area contributed by atoms with E-state index in [9.17, 15) is 0 Å². The average molecular weight is 300 g/mol. The Labute approximate surface area is 108 Å². The van der Waals surface area contributed by atoms with Gasteiger partial charge in [0.1, 0.15) is 0 Å². The second-order valence-corrected chi connectivity index (χ2v) is 5.34. The van der Waals surface area contributed by atoms with Gasteiger partial charge in [0.2, 0.25) is 0 Å². The van der Waals surface area contributed by atoms with E-state index in [4.69, 9.17) is 0 Å². The highest BCUT2D eigenvalue weighted by molar-refractivity contribution is 9.10. The van der Waals surface area contributed by atoms with Gasteiger partial charge < -0.3 is 5.32 Å². The summed E-state index contributed by atoms with van der Waals surface area (Å²) in [4.78, 5) is 1.28. The Bertz CT molecular complexity index is 463. The molecule has 2 aromatic heterocycles. The molecule has 1 N–H and O–H groups in total. The van der Waals surface area contributed by atoms with E-state index in [0.29, 0.717) is 0 Å². The maximum atomic E-state index is 4.47. The third-order valence-electron chi connectivity index (χ3n) is 2.35. The van der Waals surface area contributed by atoms with Crippen LogP contribution in [-0.2, 0) is 7.05 Å². The van der Waals surface area contributed by atoms with Gasteiger partial charge >= 0.3 is 0 Å². The molecule has 0 aliphatic heterocycles. The van der Waals surface area contributed by atoms with Gasteiger partial charge in [0, 0.05) is 22.6 Å². The summed E-state index contributed by atoms with van der Waals surface area (Å²) in [6, 6.07) is 4.31. The lowest BCUT2D eigenvalue weighted by atomic mass is 10.2. The zero-order chi connectivity index (χ0) is 11.5. The molecule has 0 aliphatic carbocycles. The first-order chi connectivity index (χ1) is 7.72. The molecule has 2 rings (SSSR count). The summed E-state index contributed by atoms with van der Waals surface area (Å²) in [7, 11) is 1.94. The fourth-order valence-corrected chi connectivity index (χ4v) is 3.32. The van der Waals surface area contributed by atoms with Gasteiger partial charge in [-0.15, -0.1) is 11.3 Å². The van der Waals surface area contributed by atoms with Crippen molar-refractivity contribution in [1.29, 1.82) is 0 Å². The summed E-state index contributed by atoms with van der Waals surface area (Å²) in [6.45, 7) is 3.03. The number of aryl methyl sites for hydroxylation is 1. The van der Waals surface area contributed by atoms with Crippen LogP contribution < -0.4 is 5.32 Å². The molecular formula is C11H14BrN3S. The van der Waals surface area contributed by atoms with Gasteiger partial charge in [-0.3, -0.25) is 4.68 Å². The predicted octanol–water partition coefficient (Wildman–Crippen LogP) is 2.94.